The lowest BCUT2D eigenvalue weighted by molar-refractivity contribution is -0.112. The van der Waals surface area contributed by atoms with Crippen LogP contribution in [-0.4, -0.2) is 46.9 Å². The summed E-state index contributed by atoms with van der Waals surface area (Å²) in [5, 5.41) is 4.10. The van der Waals surface area contributed by atoms with Gasteiger partial charge in [-0.05, 0) is 56.8 Å². The minimum absolute atomic E-state index is 0.129. The van der Waals surface area contributed by atoms with Gasteiger partial charge in [-0.1, -0.05) is 0 Å². The van der Waals surface area contributed by atoms with Crippen LogP contribution in [0, 0.1) is 17.8 Å². The minimum Gasteiger partial charge on any atom is -0.359 e. The number of carbonyl (C=O) groups excluding carboxylic acids is 2. The van der Waals surface area contributed by atoms with Crippen molar-refractivity contribution in [3.05, 3.63) is 28.9 Å². The van der Waals surface area contributed by atoms with Gasteiger partial charge in [0.1, 0.15) is 5.69 Å². The number of rotatable bonds is 2. The molecule has 2 unspecified atom stereocenters. The number of nitrogens with one attached hydrogen (secondary N) is 1. The molecule has 5 heterocycles. The molecule has 0 saturated carbocycles. The third-order valence-corrected chi connectivity index (χ3v) is 6.43. The van der Waals surface area contributed by atoms with Crippen molar-refractivity contribution in [2.24, 2.45) is 11.7 Å². The predicted octanol–water partition coefficient (Wildman–Crippen LogP) is 1.35. The van der Waals surface area contributed by atoms with Crippen molar-refractivity contribution >= 4 is 33.2 Å². The Bertz CT molecular complexity index is 932. The number of carbonyl (C=O) groups is 2. The first-order chi connectivity index (χ1) is 12.5. The SMILES string of the molecule is CC1C(NC(=O)c2cc3sc(C#CC(N)=O)cc3cn2)C2CCN1CC2. The molecule has 0 radical (unpaired) electrons. The molecule has 3 aliphatic heterocycles. The number of nitrogens with zero attached hydrogens (tertiary/aromatic N) is 2. The highest BCUT2D eigenvalue weighted by Crippen LogP contribution is 2.32. The van der Waals surface area contributed by atoms with E-state index >= 15 is 0 Å². The molecule has 3 fully saturated rings. The fourth-order valence-electron chi connectivity index (χ4n) is 4.01. The average molecular weight is 368 g/mol. The Labute approximate surface area is 155 Å². The second-order valence-corrected chi connectivity index (χ2v) is 8.03. The molecule has 3 N–H and O–H groups in total. The van der Waals surface area contributed by atoms with E-state index in [4.69, 9.17) is 5.73 Å². The molecule has 0 aliphatic carbocycles. The molecule has 2 aromatic rings. The fraction of sp³-hybridized carbons (Fsp3) is 0.421. The highest BCUT2D eigenvalue weighted by atomic mass is 32.1. The topological polar surface area (TPSA) is 88.3 Å². The van der Waals surface area contributed by atoms with Crippen LogP contribution in [0.5, 0.6) is 0 Å². The van der Waals surface area contributed by atoms with Crippen LogP contribution < -0.4 is 11.1 Å². The van der Waals surface area contributed by atoms with Gasteiger partial charge in [-0.15, -0.1) is 11.3 Å². The van der Waals surface area contributed by atoms with Crippen molar-refractivity contribution in [1.29, 1.82) is 0 Å². The van der Waals surface area contributed by atoms with E-state index in [9.17, 15) is 9.59 Å². The van der Waals surface area contributed by atoms with Crippen LogP contribution in [0.4, 0.5) is 0 Å². The van der Waals surface area contributed by atoms with Crippen LogP contribution >= 0.6 is 11.3 Å². The quantitative estimate of drug-likeness (QED) is 0.783. The summed E-state index contributed by atoms with van der Waals surface area (Å²) in [6.45, 7) is 4.45. The third-order valence-electron chi connectivity index (χ3n) is 5.42. The molecule has 0 aromatic carbocycles. The number of thiophene rings is 1. The second kappa shape index (κ2) is 6.71. The summed E-state index contributed by atoms with van der Waals surface area (Å²) in [6.07, 6.45) is 3.97. The summed E-state index contributed by atoms with van der Waals surface area (Å²) in [6, 6.07) is 4.19. The molecule has 26 heavy (non-hydrogen) atoms. The zero-order valence-corrected chi connectivity index (χ0v) is 15.3. The van der Waals surface area contributed by atoms with Crippen molar-refractivity contribution in [2.75, 3.05) is 13.1 Å². The van der Waals surface area contributed by atoms with Gasteiger partial charge in [-0.3, -0.25) is 19.5 Å². The Morgan fingerprint density at radius 1 is 1.35 bits per heavy atom. The van der Waals surface area contributed by atoms with Gasteiger partial charge in [0.2, 0.25) is 0 Å². The largest absolute Gasteiger partial charge is 0.359 e. The van der Waals surface area contributed by atoms with E-state index in [0.717, 1.165) is 40.9 Å². The number of fused-ring (bicyclic) bond motifs is 4. The van der Waals surface area contributed by atoms with Gasteiger partial charge in [0, 0.05) is 34.3 Å². The molecule has 2 bridgehead atoms. The number of pyridine rings is 1. The molecule has 134 valence electrons. The number of aromatic nitrogens is 1. The van der Waals surface area contributed by atoms with Gasteiger partial charge in [-0.2, -0.15) is 0 Å². The zero-order valence-electron chi connectivity index (χ0n) is 14.5. The summed E-state index contributed by atoms with van der Waals surface area (Å²) in [5.74, 6) is 4.83. The molecule has 2 amide bonds. The lowest BCUT2D eigenvalue weighted by Crippen LogP contribution is -2.62. The summed E-state index contributed by atoms with van der Waals surface area (Å²) in [4.78, 5) is 31.0. The predicted molar refractivity (Wildman–Crippen MR) is 101 cm³/mol. The van der Waals surface area contributed by atoms with Crippen LogP contribution in [-0.2, 0) is 4.79 Å². The van der Waals surface area contributed by atoms with Gasteiger partial charge in [0.15, 0.2) is 0 Å². The molecule has 7 heteroatoms. The number of hydrogen-bond donors (Lipinski definition) is 2. The summed E-state index contributed by atoms with van der Waals surface area (Å²) >= 11 is 1.42. The van der Waals surface area contributed by atoms with Gasteiger partial charge in [-0.25, -0.2) is 0 Å². The molecule has 5 rings (SSSR count). The third kappa shape index (κ3) is 3.18. The first-order valence-corrected chi connectivity index (χ1v) is 9.59. The average Bonchev–Trinajstić information content (AvgIpc) is 3.05. The molecular formula is C19H20N4O2S. The molecule has 2 aromatic heterocycles. The van der Waals surface area contributed by atoms with E-state index in [1.165, 1.54) is 11.3 Å². The molecule has 6 nitrogen and oxygen atoms in total. The summed E-state index contributed by atoms with van der Waals surface area (Å²) in [7, 11) is 0. The fourth-order valence-corrected chi connectivity index (χ4v) is 4.94. The number of primary amides is 1. The Balaban J connectivity index is 1.54. The number of nitrogens with two attached hydrogens (primary N) is 1. The Morgan fingerprint density at radius 2 is 2.12 bits per heavy atom. The number of piperidine rings is 3. The van der Waals surface area contributed by atoms with Crippen LogP contribution in [0.15, 0.2) is 18.3 Å². The number of amides is 2. The maximum absolute atomic E-state index is 12.7. The number of hydrogen-bond acceptors (Lipinski definition) is 5. The summed E-state index contributed by atoms with van der Waals surface area (Å²) < 4.78 is 0.917. The van der Waals surface area contributed by atoms with E-state index in [2.05, 4.69) is 34.0 Å². The van der Waals surface area contributed by atoms with Crippen molar-refractivity contribution in [1.82, 2.24) is 15.2 Å². The van der Waals surface area contributed by atoms with Gasteiger partial charge >= 0.3 is 0 Å². The van der Waals surface area contributed by atoms with Crippen LogP contribution in [0.2, 0.25) is 0 Å². The van der Waals surface area contributed by atoms with Crippen LogP contribution in [0.25, 0.3) is 10.1 Å². The van der Waals surface area contributed by atoms with Gasteiger partial charge in [0.25, 0.3) is 11.8 Å². The first-order valence-electron chi connectivity index (χ1n) is 8.77. The minimum atomic E-state index is -0.660. The summed E-state index contributed by atoms with van der Waals surface area (Å²) in [5.41, 5.74) is 5.46. The zero-order chi connectivity index (χ0) is 18.3. The maximum Gasteiger partial charge on any atom is 0.293 e. The Kier molecular flexibility index (Phi) is 4.39. The van der Waals surface area contributed by atoms with Crippen molar-refractivity contribution in [3.8, 4) is 11.8 Å². The highest BCUT2D eigenvalue weighted by molar-refractivity contribution is 7.19. The van der Waals surface area contributed by atoms with Gasteiger partial charge in [0.05, 0.1) is 4.88 Å². The van der Waals surface area contributed by atoms with E-state index in [1.807, 2.05) is 6.07 Å². The second-order valence-electron chi connectivity index (χ2n) is 6.95. The standard InChI is InChI=1S/C19H20N4O2S/c1-11-18(12-4-6-23(11)7-5-12)22-19(25)15-9-16-13(10-21-15)8-14(26-16)2-3-17(20)24/h8-12,18H,4-7H2,1H3,(H2,20,24)(H,22,25). The Morgan fingerprint density at radius 3 is 2.81 bits per heavy atom. The molecule has 3 aliphatic rings. The monoisotopic (exact) mass is 368 g/mol. The van der Waals surface area contributed by atoms with Crippen LogP contribution in [0.3, 0.4) is 0 Å². The van der Waals surface area contributed by atoms with Crippen molar-refractivity contribution < 1.29 is 9.59 Å². The smallest absolute Gasteiger partial charge is 0.293 e. The molecule has 0 spiro atoms. The highest BCUT2D eigenvalue weighted by Gasteiger charge is 2.40. The van der Waals surface area contributed by atoms with E-state index in [1.54, 1.807) is 12.3 Å². The molecule has 3 saturated heterocycles. The molecular weight excluding hydrogens is 348 g/mol. The normalized spacial score (nSPS) is 27.0. The maximum atomic E-state index is 12.7. The molecule has 2 atom stereocenters. The van der Waals surface area contributed by atoms with Gasteiger partial charge < -0.3 is 11.1 Å². The van der Waals surface area contributed by atoms with E-state index in [-0.39, 0.29) is 11.9 Å². The van der Waals surface area contributed by atoms with E-state index in [0.29, 0.717) is 17.7 Å². The first kappa shape index (κ1) is 17.0. The van der Waals surface area contributed by atoms with Crippen LogP contribution in [0.1, 0.15) is 35.1 Å². The van der Waals surface area contributed by atoms with E-state index < -0.39 is 5.91 Å². The van der Waals surface area contributed by atoms with Crippen molar-refractivity contribution in [2.45, 2.75) is 31.8 Å². The lowest BCUT2D eigenvalue weighted by atomic mass is 9.79. The Hall–Kier alpha value is -2.43. The lowest BCUT2D eigenvalue weighted by Gasteiger charge is -2.49. The van der Waals surface area contributed by atoms with Crippen molar-refractivity contribution in [3.63, 3.8) is 0 Å².